The lowest BCUT2D eigenvalue weighted by Gasteiger charge is -2.15. The zero-order valence-electron chi connectivity index (χ0n) is 12.5. The molecule has 3 nitrogen and oxygen atoms in total. The van der Waals surface area contributed by atoms with E-state index in [-0.39, 0.29) is 17.5 Å². The first kappa shape index (κ1) is 18.4. The molecule has 0 saturated heterocycles. The second-order valence-electron chi connectivity index (χ2n) is 5.14. The van der Waals surface area contributed by atoms with Gasteiger partial charge in [-0.25, -0.2) is 0 Å². The summed E-state index contributed by atoms with van der Waals surface area (Å²) in [4.78, 5) is 12.0. The van der Waals surface area contributed by atoms with Crippen molar-refractivity contribution >= 4 is 23.4 Å². The summed E-state index contributed by atoms with van der Waals surface area (Å²) in [5.41, 5.74) is -1.47. The summed E-state index contributed by atoms with van der Waals surface area (Å²) >= 11 is 1.61. The van der Waals surface area contributed by atoms with Crippen LogP contribution in [-0.4, -0.2) is 16.9 Å². The maximum Gasteiger partial charge on any atom is 0.417 e. The van der Waals surface area contributed by atoms with Gasteiger partial charge in [0, 0.05) is 17.4 Å². The molecule has 0 saturated carbocycles. The van der Waals surface area contributed by atoms with Crippen molar-refractivity contribution in [1.82, 2.24) is 0 Å². The Labute approximate surface area is 131 Å². The summed E-state index contributed by atoms with van der Waals surface area (Å²) in [5.74, 6) is -0.0744. The van der Waals surface area contributed by atoms with Gasteiger partial charge in [-0.1, -0.05) is 20.8 Å². The number of anilines is 1. The Bertz CT molecular complexity index is 579. The van der Waals surface area contributed by atoms with Gasteiger partial charge in [-0.3, -0.25) is 4.79 Å². The second kappa shape index (κ2) is 7.54. The van der Waals surface area contributed by atoms with Gasteiger partial charge in [0.2, 0.25) is 5.91 Å². The van der Waals surface area contributed by atoms with Gasteiger partial charge in [0.15, 0.2) is 0 Å². The van der Waals surface area contributed by atoms with Gasteiger partial charge in [-0.05, 0) is 23.4 Å². The Balaban J connectivity index is 2.86. The van der Waals surface area contributed by atoms with E-state index in [2.05, 4.69) is 5.32 Å². The predicted octanol–water partition coefficient (Wildman–Crippen LogP) is 4.29. The van der Waals surface area contributed by atoms with Gasteiger partial charge >= 0.3 is 6.18 Å². The normalized spacial score (nSPS) is 12.8. The molecule has 0 aromatic heterocycles. The monoisotopic (exact) mass is 330 g/mol. The molecule has 0 aliphatic heterocycles. The number of rotatable bonds is 5. The molecule has 1 amide bonds. The quantitative estimate of drug-likeness (QED) is 0.876. The van der Waals surface area contributed by atoms with Crippen molar-refractivity contribution < 1.29 is 18.0 Å². The van der Waals surface area contributed by atoms with Crippen LogP contribution in [-0.2, 0) is 11.0 Å². The summed E-state index contributed by atoms with van der Waals surface area (Å²) in [5, 5.41) is 11.6. The van der Waals surface area contributed by atoms with E-state index in [1.54, 1.807) is 18.7 Å². The van der Waals surface area contributed by atoms with Crippen molar-refractivity contribution in [3.05, 3.63) is 29.3 Å². The molecule has 120 valence electrons. The Hall–Kier alpha value is -1.68. The number of thioether (sulfide) groups is 1. The van der Waals surface area contributed by atoms with Gasteiger partial charge in [-0.2, -0.15) is 30.2 Å². The van der Waals surface area contributed by atoms with Gasteiger partial charge in [0.25, 0.3) is 0 Å². The molecule has 0 radical (unpaired) electrons. The van der Waals surface area contributed by atoms with E-state index in [9.17, 15) is 18.0 Å². The van der Waals surface area contributed by atoms with Crippen LogP contribution in [0.25, 0.3) is 0 Å². The molecule has 1 aromatic carbocycles. The van der Waals surface area contributed by atoms with Gasteiger partial charge in [0.05, 0.1) is 17.2 Å². The Morgan fingerprint density at radius 2 is 2.00 bits per heavy atom. The maximum absolute atomic E-state index is 12.9. The minimum atomic E-state index is -4.63. The molecule has 0 aliphatic carbocycles. The third kappa shape index (κ3) is 5.26. The van der Waals surface area contributed by atoms with Crippen molar-refractivity contribution in [2.45, 2.75) is 32.2 Å². The molecule has 0 spiro atoms. The maximum atomic E-state index is 12.9. The average molecular weight is 330 g/mol. The second-order valence-corrected chi connectivity index (χ2v) is 6.75. The van der Waals surface area contributed by atoms with E-state index in [0.717, 1.165) is 12.1 Å². The molecule has 1 atom stereocenters. The van der Waals surface area contributed by atoms with Crippen LogP contribution in [0.3, 0.4) is 0 Å². The van der Waals surface area contributed by atoms with Crippen LogP contribution in [0.15, 0.2) is 18.2 Å². The first-order valence-electron chi connectivity index (χ1n) is 6.69. The average Bonchev–Trinajstić information content (AvgIpc) is 2.43. The van der Waals surface area contributed by atoms with E-state index >= 15 is 0 Å². The third-order valence-corrected chi connectivity index (χ3v) is 4.20. The Kier molecular flexibility index (Phi) is 6.30. The summed E-state index contributed by atoms with van der Waals surface area (Å²) < 4.78 is 38.6. The fourth-order valence-corrected chi connectivity index (χ4v) is 2.46. The first-order valence-corrected chi connectivity index (χ1v) is 7.73. The number of benzene rings is 1. The fraction of sp³-hybridized carbons (Fsp3) is 0.467. The number of hydrogen-bond donors (Lipinski definition) is 1. The molecular formula is C15H17F3N2OS. The molecule has 7 heteroatoms. The highest BCUT2D eigenvalue weighted by Crippen LogP contribution is 2.33. The number of nitrogens with one attached hydrogen (secondary N) is 1. The molecule has 22 heavy (non-hydrogen) atoms. The van der Waals surface area contributed by atoms with E-state index in [0.29, 0.717) is 11.0 Å². The largest absolute Gasteiger partial charge is 0.417 e. The van der Waals surface area contributed by atoms with Gasteiger partial charge < -0.3 is 5.32 Å². The van der Waals surface area contributed by atoms with Gasteiger partial charge in [-0.15, -0.1) is 0 Å². The Morgan fingerprint density at radius 1 is 1.36 bits per heavy atom. The molecule has 0 aliphatic rings. The van der Waals surface area contributed by atoms with Crippen LogP contribution in [0.2, 0.25) is 0 Å². The smallest absolute Gasteiger partial charge is 0.326 e. The number of amides is 1. The van der Waals surface area contributed by atoms with Crippen LogP contribution < -0.4 is 5.32 Å². The number of carbonyl (C=O) groups excluding carboxylic acids is 1. The lowest BCUT2D eigenvalue weighted by atomic mass is 10.1. The highest BCUT2D eigenvalue weighted by atomic mass is 32.2. The Morgan fingerprint density at radius 3 is 2.50 bits per heavy atom. The van der Waals surface area contributed by atoms with Crippen LogP contribution in [0.5, 0.6) is 0 Å². The topological polar surface area (TPSA) is 52.9 Å². The zero-order chi connectivity index (χ0) is 16.9. The highest BCUT2D eigenvalue weighted by molar-refractivity contribution is 7.99. The summed E-state index contributed by atoms with van der Waals surface area (Å²) in [7, 11) is 0. The third-order valence-electron chi connectivity index (χ3n) is 2.84. The number of alkyl halides is 3. The summed E-state index contributed by atoms with van der Waals surface area (Å²) in [6, 6.07) is 4.65. The molecule has 1 aromatic rings. The number of nitrogens with zero attached hydrogens (tertiary/aromatic N) is 1. The van der Waals surface area contributed by atoms with E-state index in [1.165, 1.54) is 12.1 Å². The minimum absolute atomic E-state index is 0.0396. The van der Waals surface area contributed by atoms with Crippen LogP contribution in [0.1, 0.15) is 31.9 Å². The summed E-state index contributed by atoms with van der Waals surface area (Å²) in [6.45, 7) is 5.73. The van der Waals surface area contributed by atoms with Crippen molar-refractivity contribution in [3.8, 4) is 6.07 Å². The number of nitriles is 1. The summed E-state index contributed by atoms with van der Waals surface area (Å²) in [6.07, 6.45) is -4.63. The number of carbonyl (C=O) groups is 1. The molecule has 0 fully saturated rings. The highest BCUT2D eigenvalue weighted by Gasteiger charge is 2.34. The van der Waals surface area contributed by atoms with Crippen LogP contribution in [0, 0.1) is 17.2 Å². The zero-order valence-corrected chi connectivity index (χ0v) is 13.3. The number of hydrogen-bond acceptors (Lipinski definition) is 3. The van der Waals surface area contributed by atoms with E-state index < -0.39 is 17.3 Å². The molecule has 1 rings (SSSR count). The standard InChI is InChI=1S/C15H17F3N2OS/c1-9(2)22-8-10(3)14(21)20-12-5-4-11(7-19)13(6-12)15(16,17)18/h4-6,9-10H,8H2,1-3H3,(H,20,21). The lowest BCUT2D eigenvalue weighted by molar-refractivity contribution is -0.137. The van der Waals surface area contributed by atoms with Crippen LogP contribution >= 0.6 is 11.8 Å². The van der Waals surface area contributed by atoms with Gasteiger partial charge in [0.1, 0.15) is 0 Å². The SMILES string of the molecule is CC(C)SCC(C)C(=O)Nc1ccc(C#N)c(C(F)(F)F)c1. The fourth-order valence-electron chi connectivity index (χ4n) is 1.63. The molecule has 0 heterocycles. The molecule has 1 unspecified atom stereocenters. The van der Waals surface area contributed by atoms with Crippen LogP contribution in [0.4, 0.5) is 18.9 Å². The molecule has 0 bridgehead atoms. The van der Waals surface area contributed by atoms with Crippen molar-refractivity contribution in [3.63, 3.8) is 0 Å². The number of halogens is 3. The van der Waals surface area contributed by atoms with Crippen molar-refractivity contribution in [2.24, 2.45) is 5.92 Å². The minimum Gasteiger partial charge on any atom is -0.326 e. The molecule has 1 N–H and O–H groups in total. The van der Waals surface area contributed by atoms with Crippen molar-refractivity contribution in [2.75, 3.05) is 11.1 Å². The molecular weight excluding hydrogens is 313 g/mol. The predicted molar refractivity (Wildman–Crippen MR) is 81.5 cm³/mol. The first-order chi connectivity index (χ1) is 10.1. The lowest BCUT2D eigenvalue weighted by Crippen LogP contribution is -2.23. The van der Waals surface area contributed by atoms with E-state index in [4.69, 9.17) is 5.26 Å². The van der Waals surface area contributed by atoms with E-state index in [1.807, 2.05) is 13.8 Å². The van der Waals surface area contributed by atoms with Crippen molar-refractivity contribution in [1.29, 1.82) is 5.26 Å².